The van der Waals surface area contributed by atoms with E-state index in [1.807, 2.05) is 25.1 Å². The standard InChI is InChI=1S/C21H25N3O3S/c1-5-24(11-14(2)21(25)27-4)19-18-16(15-9-7-6-8-10-15)13-28-20(18)23-17(22-19)12-26-3/h6-10,13-14H,5,11-12H2,1-4H3. The molecule has 0 amide bonds. The van der Waals surface area contributed by atoms with E-state index in [1.54, 1.807) is 18.4 Å². The van der Waals surface area contributed by atoms with Crippen LogP contribution in [-0.2, 0) is 20.9 Å². The molecule has 6 nitrogen and oxygen atoms in total. The number of hydrogen-bond acceptors (Lipinski definition) is 7. The number of methoxy groups -OCH3 is 2. The van der Waals surface area contributed by atoms with E-state index >= 15 is 0 Å². The van der Waals surface area contributed by atoms with Crippen LogP contribution in [0.2, 0.25) is 0 Å². The molecule has 3 aromatic rings. The lowest BCUT2D eigenvalue weighted by atomic mass is 10.1. The summed E-state index contributed by atoms with van der Waals surface area (Å²) in [5, 5.41) is 3.13. The van der Waals surface area contributed by atoms with Crippen LogP contribution < -0.4 is 4.90 Å². The molecule has 0 aliphatic heterocycles. The highest BCUT2D eigenvalue weighted by molar-refractivity contribution is 7.17. The van der Waals surface area contributed by atoms with Gasteiger partial charge in [0.05, 0.1) is 18.4 Å². The van der Waals surface area contributed by atoms with Crippen LogP contribution in [0.1, 0.15) is 19.7 Å². The van der Waals surface area contributed by atoms with Crippen molar-refractivity contribution in [1.29, 1.82) is 0 Å². The van der Waals surface area contributed by atoms with Crippen molar-refractivity contribution < 1.29 is 14.3 Å². The van der Waals surface area contributed by atoms with Crippen LogP contribution in [0.5, 0.6) is 0 Å². The molecule has 1 aromatic carbocycles. The molecule has 0 spiro atoms. The summed E-state index contributed by atoms with van der Waals surface area (Å²) in [6.45, 7) is 5.50. The van der Waals surface area contributed by atoms with E-state index in [4.69, 9.17) is 14.5 Å². The summed E-state index contributed by atoms with van der Waals surface area (Å²) in [4.78, 5) is 24.5. The molecule has 3 rings (SSSR count). The first-order valence-corrected chi connectivity index (χ1v) is 10.1. The largest absolute Gasteiger partial charge is 0.469 e. The normalized spacial score (nSPS) is 12.1. The number of carbonyl (C=O) groups is 1. The first-order chi connectivity index (χ1) is 13.6. The minimum Gasteiger partial charge on any atom is -0.469 e. The Morgan fingerprint density at radius 2 is 1.96 bits per heavy atom. The van der Waals surface area contributed by atoms with Crippen molar-refractivity contribution in [3.63, 3.8) is 0 Å². The summed E-state index contributed by atoms with van der Waals surface area (Å²) >= 11 is 1.60. The van der Waals surface area contributed by atoms with Crippen molar-refractivity contribution >= 4 is 33.3 Å². The zero-order valence-electron chi connectivity index (χ0n) is 16.6. The number of aromatic nitrogens is 2. The number of carbonyl (C=O) groups excluding carboxylic acids is 1. The number of thiophene rings is 1. The molecule has 28 heavy (non-hydrogen) atoms. The maximum Gasteiger partial charge on any atom is 0.310 e. The number of ether oxygens (including phenoxy) is 2. The van der Waals surface area contributed by atoms with Crippen LogP contribution in [0.3, 0.4) is 0 Å². The second-order valence-corrected chi connectivity index (χ2v) is 7.41. The highest BCUT2D eigenvalue weighted by atomic mass is 32.1. The zero-order valence-corrected chi connectivity index (χ0v) is 17.5. The van der Waals surface area contributed by atoms with Crippen molar-refractivity contribution in [3.8, 4) is 11.1 Å². The van der Waals surface area contributed by atoms with E-state index in [0.717, 1.165) is 27.2 Å². The van der Waals surface area contributed by atoms with E-state index in [1.165, 1.54) is 7.11 Å². The minimum absolute atomic E-state index is 0.227. The van der Waals surface area contributed by atoms with Gasteiger partial charge in [0.1, 0.15) is 17.3 Å². The van der Waals surface area contributed by atoms with Gasteiger partial charge in [0.2, 0.25) is 0 Å². The number of fused-ring (bicyclic) bond motifs is 1. The number of benzene rings is 1. The van der Waals surface area contributed by atoms with Crippen LogP contribution in [0.25, 0.3) is 21.3 Å². The molecule has 0 aliphatic carbocycles. The third-order valence-electron chi connectivity index (χ3n) is 4.60. The Kier molecular flexibility index (Phi) is 6.59. The summed E-state index contributed by atoms with van der Waals surface area (Å²) in [5.74, 6) is 0.972. The Morgan fingerprint density at radius 1 is 1.21 bits per heavy atom. The predicted molar refractivity (Wildman–Crippen MR) is 113 cm³/mol. The average Bonchev–Trinajstić information content (AvgIpc) is 3.15. The predicted octanol–water partition coefficient (Wildman–Crippen LogP) is 4.14. The van der Waals surface area contributed by atoms with Gasteiger partial charge in [-0.25, -0.2) is 9.97 Å². The molecule has 0 saturated carbocycles. The summed E-state index contributed by atoms with van der Waals surface area (Å²) < 4.78 is 10.2. The summed E-state index contributed by atoms with van der Waals surface area (Å²) in [5.41, 5.74) is 2.22. The Bertz CT molecular complexity index is 943. The first kappa shape index (κ1) is 20.2. The quantitative estimate of drug-likeness (QED) is 0.531. The van der Waals surface area contributed by atoms with E-state index in [2.05, 4.69) is 34.3 Å². The van der Waals surface area contributed by atoms with Crippen molar-refractivity contribution in [2.45, 2.75) is 20.5 Å². The summed E-state index contributed by atoms with van der Waals surface area (Å²) in [6.07, 6.45) is 0. The van der Waals surface area contributed by atoms with Crippen molar-refractivity contribution in [2.75, 3.05) is 32.2 Å². The van der Waals surface area contributed by atoms with Gasteiger partial charge >= 0.3 is 5.97 Å². The number of rotatable bonds is 8. The van der Waals surface area contributed by atoms with Crippen LogP contribution in [-0.4, -0.2) is 43.2 Å². The molecule has 0 fully saturated rings. The highest BCUT2D eigenvalue weighted by Crippen LogP contribution is 2.38. The van der Waals surface area contributed by atoms with Crippen LogP contribution >= 0.6 is 11.3 Å². The molecule has 0 N–H and O–H groups in total. The van der Waals surface area contributed by atoms with Gasteiger partial charge in [-0.1, -0.05) is 37.3 Å². The molecule has 2 aromatic heterocycles. The van der Waals surface area contributed by atoms with E-state index in [9.17, 15) is 4.79 Å². The number of esters is 1. The second-order valence-electron chi connectivity index (χ2n) is 6.55. The average molecular weight is 400 g/mol. The van der Waals surface area contributed by atoms with Gasteiger partial charge in [-0.15, -0.1) is 11.3 Å². The molecule has 0 radical (unpaired) electrons. The smallest absolute Gasteiger partial charge is 0.310 e. The Balaban J connectivity index is 2.14. The molecule has 0 saturated heterocycles. The molecule has 7 heteroatoms. The summed E-state index contributed by atoms with van der Waals surface area (Å²) in [7, 11) is 3.05. The monoisotopic (exact) mass is 399 g/mol. The van der Waals surface area contributed by atoms with Crippen LogP contribution in [0.4, 0.5) is 5.82 Å². The third kappa shape index (κ3) is 4.15. The van der Waals surface area contributed by atoms with Crippen LogP contribution in [0.15, 0.2) is 35.7 Å². The van der Waals surface area contributed by atoms with E-state index in [-0.39, 0.29) is 11.9 Å². The van der Waals surface area contributed by atoms with E-state index in [0.29, 0.717) is 25.5 Å². The molecular weight excluding hydrogens is 374 g/mol. The van der Waals surface area contributed by atoms with Crippen LogP contribution in [0, 0.1) is 5.92 Å². The maximum atomic E-state index is 12.0. The Labute approximate surface area is 169 Å². The molecule has 2 heterocycles. The number of hydrogen-bond donors (Lipinski definition) is 0. The zero-order chi connectivity index (χ0) is 20.1. The molecule has 0 bridgehead atoms. The fraction of sp³-hybridized carbons (Fsp3) is 0.381. The van der Waals surface area contributed by atoms with Gasteiger partial charge in [-0.2, -0.15) is 0 Å². The van der Waals surface area contributed by atoms with Gasteiger partial charge in [0.25, 0.3) is 0 Å². The van der Waals surface area contributed by atoms with Crippen molar-refractivity contribution in [2.24, 2.45) is 5.92 Å². The second kappa shape index (κ2) is 9.12. The molecule has 1 unspecified atom stereocenters. The van der Waals surface area contributed by atoms with Crippen molar-refractivity contribution in [3.05, 3.63) is 41.5 Å². The van der Waals surface area contributed by atoms with Gasteiger partial charge in [0.15, 0.2) is 5.82 Å². The lowest BCUT2D eigenvalue weighted by Gasteiger charge is -2.26. The highest BCUT2D eigenvalue weighted by Gasteiger charge is 2.23. The molecule has 1 atom stereocenters. The molecule has 148 valence electrons. The molecular formula is C21H25N3O3S. The van der Waals surface area contributed by atoms with Gasteiger partial charge in [0, 0.05) is 31.1 Å². The summed E-state index contributed by atoms with van der Waals surface area (Å²) in [6, 6.07) is 10.2. The third-order valence-corrected chi connectivity index (χ3v) is 5.47. The topological polar surface area (TPSA) is 64.6 Å². The Morgan fingerprint density at radius 3 is 2.61 bits per heavy atom. The van der Waals surface area contributed by atoms with Crippen molar-refractivity contribution in [1.82, 2.24) is 9.97 Å². The SMILES string of the molecule is CCN(CC(C)C(=O)OC)c1nc(COC)nc2scc(-c3ccccc3)c12. The minimum atomic E-state index is -0.264. The van der Waals surface area contributed by atoms with Gasteiger partial charge in [-0.05, 0) is 12.5 Å². The van der Waals surface area contributed by atoms with Gasteiger partial charge in [-0.3, -0.25) is 4.79 Å². The fourth-order valence-corrected chi connectivity index (χ4v) is 4.15. The fourth-order valence-electron chi connectivity index (χ4n) is 3.19. The molecule has 0 aliphatic rings. The number of nitrogens with zero attached hydrogens (tertiary/aromatic N) is 3. The Hall–Kier alpha value is -2.51. The lowest BCUT2D eigenvalue weighted by molar-refractivity contribution is -0.144. The first-order valence-electron chi connectivity index (χ1n) is 9.24. The maximum absolute atomic E-state index is 12.0. The number of anilines is 1. The lowest BCUT2D eigenvalue weighted by Crippen LogP contribution is -2.33. The van der Waals surface area contributed by atoms with Gasteiger partial charge < -0.3 is 14.4 Å². The van der Waals surface area contributed by atoms with E-state index < -0.39 is 0 Å².